The first-order valence-electron chi connectivity index (χ1n) is 5.90. The monoisotopic (exact) mass is 208 g/mol. The number of rotatable bonds is 2. The second kappa shape index (κ2) is 2.93. The lowest BCUT2D eigenvalue weighted by Gasteiger charge is -2.58. The van der Waals surface area contributed by atoms with E-state index in [0.29, 0.717) is 18.1 Å². The Morgan fingerprint density at radius 1 is 1.47 bits per heavy atom. The van der Waals surface area contributed by atoms with E-state index in [1.807, 2.05) is 6.92 Å². The van der Waals surface area contributed by atoms with Gasteiger partial charge in [0, 0.05) is 17.8 Å². The molecule has 0 radical (unpaired) electrons. The molecule has 0 aromatic carbocycles. The molecule has 2 aliphatic rings. The Labute approximate surface area is 91.4 Å². The van der Waals surface area contributed by atoms with Crippen LogP contribution in [0.25, 0.3) is 0 Å². The second-order valence-corrected chi connectivity index (χ2v) is 5.79. The van der Waals surface area contributed by atoms with Crippen LogP contribution in [0.4, 0.5) is 0 Å². The maximum atomic E-state index is 12.2. The van der Waals surface area contributed by atoms with Crippen LogP contribution in [-0.2, 0) is 9.59 Å². The quantitative estimate of drug-likeness (QED) is 0.699. The molecule has 2 heteroatoms. The van der Waals surface area contributed by atoms with Crippen molar-refractivity contribution in [3.63, 3.8) is 0 Å². The van der Waals surface area contributed by atoms with Crippen molar-refractivity contribution < 1.29 is 9.59 Å². The van der Waals surface area contributed by atoms with Crippen LogP contribution in [0.3, 0.4) is 0 Å². The zero-order valence-electron chi connectivity index (χ0n) is 10.1. The maximum Gasteiger partial charge on any atom is 0.143 e. The van der Waals surface area contributed by atoms with Crippen LogP contribution in [0.15, 0.2) is 0 Å². The molecular formula is C13H20O2. The van der Waals surface area contributed by atoms with Crippen LogP contribution in [-0.4, -0.2) is 11.6 Å². The molecule has 0 unspecified atom stereocenters. The van der Waals surface area contributed by atoms with E-state index in [-0.39, 0.29) is 22.5 Å². The Balaban J connectivity index is 2.41. The van der Waals surface area contributed by atoms with Crippen LogP contribution < -0.4 is 0 Å². The summed E-state index contributed by atoms with van der Waals surface area (Å²) in [6.07, 6.45) is 2.67. The van der Waals surface area contributed by atoms with Gasteiger partial charge in [0.25, 0.3) is 0 Å². The van der Waals surface area contributed by atoms with Crippen molar-refractivity contribution in [2.24, 2.45) is 22.7 Å². The highest BCUT2D eigenvalue weighted by molar-refractivity contribution is 5.99. The zero-order valence-corrected chi connectivity index (χ0v) is 10.1. The molecule has 2 aliphatic carbocycles. The van der Waals surface area contributed by atoms with Gasteiger partial charge in [-0.1, -0.05) is 20.8 Å². The molecule has 2 fully saturated rings. The summed E-state index contributed by atoms with van der Waals surface area (Å²) in [5, 5.41) is 0. The van der Waals surface area contributed by atoms with E-state index in [4.69, 9.17) is 0 Å². The largest absolute Gasteiger partial charge is 0.300 e. The van der Waals surface area contributed by atoms with E-state index in [9.17, 15) is 9.59 Å². The number of hydrogen-bond donors (Lipinski definition) is 0. The highest BCUT2D eigenvalue weighted by Gasteiger charge is 2.72. The van der Waals surface area contributed by atoms with Crippen LogP contribution in [0.1, 0.15) is 47.0 Å². The molecular weight excluding hydrogens is 188 g/mol. The molecule has 0 aliphatic heterocycles. The highest BCUT2D eigenvalue weighted by atomic mass is 16.1. The number of carbonyl (C=O) groups is 2. The fraction of sp³-hybridized carbons (Fsp3) is 0.846. The lowest BCUT2D eigenvalue weighted by molar-refractivity contribution is -0.176. The van der Waals surface area contributed by atoms with Gasteiger partial charge in [0.05, 0.1) is 0 Å². The number of Topliss-reactive ketones (excluding diaryl/α,β-unsaturated/α-hetero) is 2. The van der Waals surface area contributed by atoms with Gasteiger partial charge in [-0.05, 0) is 31.1 Å². The molecule has 0 heterocycles. The van der Waals surface area contributed by atoms with E-state index >= 15 is 0 Å². The van der Waals surface area contributed by atoms with Crippen molar-refractivity contribution in [2.45, 2.75) is 47.0 Å². The lowest BCUT2D eigenvalue weighted by atomic mass is 9.42. The lowest BCUT2D eigenvalue weighted by Crippen LogP contribution is -2.63. The minimum atomic E-state index is -0.307. The molecule has 84 valence electrons. The van der Waals surface area contributed by atoms with Gasteiger partial charge in [0.2, 0.25) is 0 Å². The van der Waals surface area contributed by atoms with Gasteiger partial charge in [-0.2, -0.15) is 0 Å². The Kier molecular flexibility index (Phi) is 2.12. The fourth-order valence-electron chi connectivity index (χ4n) is 4.13. The van der Waals surface area contributed by atoms with Crippen molar-refractivity contribution >= 4 is 11.6 Å². The van der Waals surface area contributed by atoms with Crippen molar-refractivity contribution in [2.75, 3.05) is 0 Å². The average molecular weight is 208 g/mol. The van der Waals surface area contributed by atoms with Gasteiger partial charge in [-0.3, -0.25) is 9.59 Å². The topological polar surface area (TPSA) is 34.1 Å². The Morgan fingerprint density at radius 2 is 2.07 bits per heavy atom. The predicted octanol–water partition coefficient (Wildman–Crippen LogP) is 2.61. The summed E-state index contributed by atoms with van der Waals surface area (Å²) in [5.41, 5.74) is -0.215. The van der Waals surface area contributed by atoms with Gasteiger partial charge in [-0.15, -0.1) is 0 Å². The molecule has 2 saturated carbocycles. The molecule has 0 saturated heterocycles. The Hall–Kier alpha value is -0.660. The van der Waals surface area contributed by atoms with E-state index in [1.54, 1.807) is 6.92 Å². The summed E-state index contributed by atoms with van der Waals surface area (Å²) in [4.78, 5) is 23.5. The third kappa shape index (κ3) is 1.00. The summed E-state index contributed by atoms with van der Waals surface area (Å²) >= 11 is 0. The first-order valence-corrected chi connectivity index (χ1v) is 5.90. The Morgan fingerprint density at radius 3 is 2.60 bits per heavy atom. The molecule has 0 aromatic rings. The third-order valence-corrected chi connectivity index (χ3v) is 5.27. The maximum absolute atomic E-state index is 12.2. The van der Waals surface area contributed by atoms with Gasteiger partial charge in [0.1, 0.15) is 11.6 Å². The first kappa shape index (κ1) is 10.8. The average Bonchev–Trinajstić information content (AvgIpc) is 2.40. The normalized spacial score (nSPS) is 48.7. The third-order valence-electron chi connectivity index (χ3n) is 5.27. The summed E-state index contributed by atoms with van der Waals surface area (Å²) < 4.78 is 0. The molecule has 0 aromatic heterocycles. The van der Waals surface area contributed by atoms with Gasteiger partial charge in [0.15, 0.2) is 0 Å². The number of ketones is 2. The molecule has 0 spiro atoms. The van der Waals surface area contributed by atoms with Crippen molar-refractivity contribution in [3.05, 3.63) is 0 Å². The molecule has 2 nitrogen and oxygen atoms in total. The summed E-state index contributed by atoms with van der Waals surface area (Å²) in [6.45, 7) is 7.97. The summed E-state index contributed by atoms with van der Waals surface area (Å²) in [6, 6.07) is 0. The predicted molar refractivity (Wildman–Crippen MR) is 58.4 cm³/mol. The zero-order chi connectivity index (χ0) is 11.4. The van der Waals surface area contributed by atoms with Crippen molar-refractivity contribution in [3.8, 4) is 0 Å². The van der Waals surface area contributed by atoms with Crippen LogP contribution in [0.5, 0.6) is 0 Å². The van der Waals surface area contributed by atoms with Crippen LogP contribution in [0, 0.1) is 22.7 Å². The smallest absolute Gasteiger partial charge is 0.143 e. The van der Waals surface area contributed by atoms with E-state index < -0.39 is 0 Å². The van der Waals surface area contributed by atoms with Crippen LogP contribution >= 0.6 is 0 Å². The van der Waals surface area contributed by atoms with E-state index in [1.165, 1.54) is 0 Å². The molecule has 15 heavy (non-hydrogen) atoms. The summed E-state index contributed by atoms with van der Waals surface area (Å²) in [7, 11) is 0. The first-order chi connectivity index (χ1) is 6.86. The van der Waals surface area contributed by atoms with Crippen molar-refractivity contribution in [1.82, 2.24) is 0 Å². The number of carbonyl (C=O) groups excluding carboxylic acids is 2. The van der Waals surface area contributed by atoms with E-state index in [0.717, 1.165) is 12.8 Å². The molecule has 0 bridgehead atoms. The molecule has 0 N–H and O–H groups in total. The number of fused-ring (bicyclic) bond motifs is 1. The van der Waals surface area contributed by atoms with Gasteiger partial charge in [-0.25, -0.2) is 0 Å². The summed E-state index contributed by atoms with van der Waals surface area (Å²) in [5.74, 6) is 1.04. The highest BCUT2D eigenvalue weighted by Crippen LogP contribution is 2.70. The van der Waals surface area contributed by atoms with Gasteiger partial charge >= 0.3 is 0 Å². The van der Waals surface area contributed by atoms with Crippen LogP contribution in [0.2, 0.25) is 0 Å². The van der Waals surface area contributed by atoms with Crippen molar-refractivity contribution in [1.29, 1.82) is 0 Å². The number of hydrogen-bond acceptors (Lipinski definition) is 2. The fourth-order valence-corrected chi connectivity index (χ4v) is 4.13. The SMILES string of the molecule is CC(=O)C[C@]12C(=O)[C@H](C)[C@@]1(C)CC[C@H]2C. The molecule has 4 atom stereocenters. The van der Waals surface area contributed by atoms with E-state index in [2.05, 4.69) is 13.8 Å². The minimum Gasteiger partial charge on any atom is -0.300 e. The van der Waals surface area contributed by atoms with Gasteiger partial charge < -0.3 is 0 Å². The molecule has 0 amide bonds. The molecule has 2 rings (SSSR count). The second-order valence-electron chi connectivity index (χ2n) is 5.79. The standard InChI is InChI=1S/C13H20O2/c1-8-5-6-12(4)10(3)11(15)13(8,12)7-9(2)14/h8,10H,5-7H2,1-4H3/t8-,10+,12-,13+/m1/s1. The minimum absolute atomic E-state index is 0.0924. The Bertz CT molecular complexity index is 333.